The smallest absolute Gasteiger partial charge is 0.271 e. The minimum Gasteiger partial charge on any atom is -0.333 e. The number of nitrogens with zero attached hydrogens (tertiary/aromatic N) is 4. The van der Waals surface area contributed by atoms with Crippen LogP contribution >= 0.6 is 11.5 Å². The Morgan fingerprint density at radius 3 is 3.11 bits per heavy atom. The molecular formula is C11H15N5OS. The molecule has 0 aliphatic carbocycles. The van der Waals surface area contributed by atoms with E-state index in [-0.39, 0.29) is 6.04 Å². The molecule has 18 heavy (non-hydrogen) atoms. The predicted molar refractivity (Wildman–Crippen MR) is 67.1 cm³/mol. The van der Waals surface area contributed by atoms with Gasteiger partial charge in [0, 0.05) is 0 Å². The average Bonchev–Trinajstić information content (AvgIpc) is 2.91. The minimum absolute atomic E-state index is 0.214. The van der Waals surface area contributed by atoms with Gasteiger partial charge in [0.05, 0.1) is 11.7 Å². The van der Waals surface area contributed by atoms with Gasteiger partial charge in [-0.15, -0.1) is 5.10 Å². The third-order valence-electron chi connectivity index (χ3n) is 3.16. The molecule has 1 N–H and O–H groups in total. The van der Waals surface area contributed by atoms with E-state index < -0.39 is 0 Å². The van der Waals surface area contributed by atoms with Crippen molar-refractivity contribution in [2.45, 2.75) is 38.6 Å². The van der Waals surface area contributed by atoms with Crippen LogP contribution in [0.5, 0.6) is 0 Å². The molecule has 1 saturated heterocycles. The van der Waals surface area contributed by atoms with Crippen LogP contribution in [0.3, 0.4) is 0 Å². The summed E-state index contributed by atoms with van der Waals surface area (Å²) >= 11 is 1.29. The molecule has 2 aromatic heterocycles. The Labute approximate surface area is 109 Å². The third kappa shape index (κ3) is 2.28. The Balaban J connectivity index is 1.82. The van der Waals surface area contributed by atoms with E-state index in [1.807, 2.05) is 6.92 Å². The number of hydrogen-bond acceptors (Lipinski definition) is 7. The molecule has 3 rings (SSSR count). The second-order valence-corrected chi connectivity index (χ2v) is 5.26. The molecule has 7 heteroatoms. The van der Waals surface area contributed by atoms with E-state index in [0.29, 0.717) is 5.89 Å². The highest BCUT2D eigenvalue weighted by Crippen LogP contribution is 2.26. The molecule has 6 nitrogen and oxygen atoms in total. The summed E-state index contributed by atoms with van der Waals surface area (Å²) in [5, 5.41) is 11.5. The number of aromatic nitrogens is 4. The Morgan fingerprint density at radius 1 is 1.33 bits per heavy atom. The first-order valence-electron chi connectivity index (χ1n) is 6.21. The van der Waals surface area contributed by atoms with E-state index in [2.05, 4.69) is 25.0 Å². The van der Waals surface area contributed by atoms with Crippen LogP contribution in [0.2, 0.25) is 0 Å². The van der Waals surface area contributed by atoms with Crippen molar-refractivity contribution < 1.29 is 4.52 Å². The highest BCUT2D eigenvalue weighted by molar-refractivity contribution is 7.09. The van der Waals surface area contributed by atoms with Gasteiger partial charge < -0.3 is 9.84 Å². The molecule has 1 fully saturated rings. The first-order chi connectivity index (χ1) is 8.84. The summed E-state index contributed by atoms with van der Waals surface area (Å²) in [4.78, 5) is 5.33. The first-order valence-corrected chi connectivity index (χ1v) is 6.98. The van der Waals surface area contributed by atoms with Crippen molar-refractivity contribution in [3.8, 4) is 10.8 Å². The Kier molecular flexibility index (Phi) is 3.33. The van der Waals surface area contributed by atoms with Crippen molar-refractivity contribution in [2.75, 3.05) is 6.54 Å². The van der Waals surface area contributed by atoms with Crippen LogP contribution in [-0.4, -0.2) is 26.3 Å². The molecule has 0 bridgehead atoms. The number of aryl methyl sites for hydroxylation is 1. The van der Waals surface area contributed by atoms with Crippen molar-refractivity contribution in [3.05, 3.63) is 11.5 Å². The van der Waals surface area contributed by atoms with Gasteiger partial charge in [-0.2, -0.15) is 4.98 Å². The van der Waals surface area contributed by atoms with E-state index >= 15 is 0 Å². The summed E-state index contributed by atoms with van der Waals surface area (Å²) in [7, 11) is 0. The van der Waals surface area contributed by atoms with E-state index in [4.69, 9.17) is 4.52 Å². The molecule has 1 aliphatic heterocycles. The van der Waals surface area contributed by atoms with Gasteiger partial charge >= 0.3 is 0 Å². The average molecular weight is 265 g/mol. The standard InChI is InChI=1S/C11H15N5OS/c1-7-9(18-16-14-7)11-13-10(15-17-11)8-5-3-2-4-6-12-8/h8,12H,2-6H2,1H3. The summed E-state index contributed by atoms with van der Waals surface area (Å²) in [5.74, 6) is 1.28. The summed E-state index contributed by atoms with van der Waals surface area (Å²) in [6.45, 7) is 2.92. The SMILES string of the molecule is Cc1nnsc1-c1nc(C2CCCCCN2)no1. The van der Waals surface area contributed by atoms with Gasteiger partial charge in [-0.25, -0.2) is 0 Å². The highest BCUT2D eigenvalue weighted by atomic mass is 32.1. The molecular weight excluding hydrogens is 250 g/mol. The molecule has 0 aromatic carbocycles. The molecule has 1 aliphatic rings. The quantitative estimate of drug-likeness (QED) is 0.896. The third-order valence-corrected chi connectivity index (χ3v) is 3.98. The number of nitrogens with one attached hydrogen (secondary N) is 1. The van der Waals surface area contributed by atoms with Crippen LogP contribution in [0, 0.1) is 6.92 Å². The van der Waals surface area contributed by atoms with Gasteiger partial charge in [-0.05, 0) is 37.8 Å². The maximum atomic E-state index is 5.31. The molecule has 1 atom stereocenters. The second-order valence-electron chi connectivity index (χ2n) is 4.50. The van der Waals surface area contributed by atoms with Crippen LogP contribution in [0.4, 0.5) is 0 Å². The van der Waals surface area contributed by atoms with Gasteiger partial charge in [0.25, 0.3) is 5.89 Å². The lowest BCUT2D eigenvalue weighted by Gasteiger charge is -2.09. The second kappa shape index (κ2) is 5.11. The van der Waals surface area contributed by atoms with Gasteiger partial charge in [0.2, 0.25) is 0 Å². The van der Waals surface area contributed by atoms with Crippen LogP contribution in [-0.2, 0) is 0 Å². The van der Waals surface area contributed by atoms with Crippen molar-refractivity contribution in [3.63, 3.8) is 0 Å². The lowest BCUT2D eigenvalue weighted by molar-refractivity contribution is 0.403. The Hall–Kier alpha value is -1.34. The fraction of sp³-hybridized carbons (Fsp3) is 0.636. The summed E-state index contributed by atoms with van der Waals surface area (Å²) in [6.07, 6.45) is 4.77. The maximum Gasteiger partial charge on any atom is 0.271 e. The predicted octanol–water partition coefficient (Wildman–Crippen LogP) is 2.10. The summed E-state index contributed by atoms with van der Waals surface area (Å²) in [5.41, 5.74) is 0.837. The Morgan fingerprint density at radius 2 is 2.28 bits per heavy atom. The normalized spacial score (nSPS) is 20.8. The molecule has 0 saturated carbocycles. The molecule has 3 heterocycles. The topological polar surface area (TPSA) is 76.7 Å². The minimum atomic E-state index is 0.214. The zero-order chi connectivity index (χ0) is 12.4. The largest absolute Gasteiger partial charge is 0.333 e. The fourth-order valence-corrected chi connectivity index (χ4v) is 2.72. The number of rotatable bonds is 2. The van der Waals surface area contributed by atoms with Crippen molar-refractivity contribution in [2.24, 2.45) is 0 Å². The maximum absolute atomic E-state index is 5.31. The molecule has 0 amide bonds. The fourth-order valence-electron chi connectivity index (χ4n) is 2.15. The number of hydrogen-bond donors (Lipinski definition) is 1. The molecule has 0 spiro atoms. The van der Waals surface area contributed by atoms with Gasteiger partial charge in [-0.3, -0.25) is 0 Å². The molecule has 96 valence electrons. The van der Waals surface area contributed by atoms with Gasteiger partial charge in [0.1, 0.15) is 4.88 Å². The van der Waals surface area contributed by atoms with Crippen LogP contribution in [0.25, 0.3) is 10.8 Å². The van der Waals surface area contributed by atoms with E-state index in [1.54, 1.807) is 0 Å². The van der Waals surface area contributed by atoms with Crippen LogP contribution in [0.15, 0.2) is 4.52 Å². The monoisotopic (exact) mass is 265 g/mol. The molecule has 0 radical (unpaired) electrons. The van der Waals surface area contributed by atoms with Gasteiger partial charge in [-0.1, -0.05) is 22.5 Å². The summed E-state index contributed by atoms with van der Waals surface area (Å²) in [6, 6.07) is 0.214. The first kappa shape index (κ1) is 11.7. The van der Waals surface area contributed by atoms with Crippen LogP contribution < -0.4 is 5.32 Å². The lowest BCUT2D eigenvalue weighted by atomic mass is 10.1. The summed E-state index contributed by atoms with van der Waals surface area (Å²) < 4.78 is 9.20. The zero-order valence-corrected chi connectivity index (χ0v) is 11.0. The van der Waals surface area contributed by atoms with E-state index in [1.165, 1.54) is 30.8 Å². The zero-order valence-electron chi connectivity index (χ0n) is 10.2. The van der Waals surface area contributed by atoms with Gasteiger partial charge in [0.15, 0.2) is 5.82 Å². The van der Waals surface area contributed by atoms with Crippen molar-refractivity contribution in [1.82, 2.24) is 25.0 Å². The van der Waals surface area contributed by atoms with Crippen LogP contribution in [0.1, 0.15) is 43.2 Å². The van der Waals surface area contributed by atoms with E-state index in [0.717, 1.165) is 29.4 Å². The van der Waals surface area contributed by atoms with Crippen molar-refractivity contribution in [1.29, 1.82) is 0 Å². The lowest BCUT2D eigenvalue weighted by Crippen LogP contribution is -2.21. The molecule has 1 unspecified atom stereocenters. The Bertz CT molecular complexity index is 515. The molecule has 2 aromatic rings. The van der Waals surface area contributed by atoms with Crippen molar-refractivity contribution >= 4 is 11.5 Å². The van der Waals surface area contributed by atoms with E-state index in [9.17, 15) is 0 Å². The highest BCUT2D eigenvalue weighted by Gasteiger charge is 2.21.